The lowest BCUT2D eigenvalue weighted by Crippen LogP contribution is -2.45. The van der Waals surface area contributed by atoms with E-state index in [1.807, 2.05) is 31.3 Å². The number of amides is 1. The molecule has 2 aromatic carbocycles. The number of nitrogens with zero attached hydrogens (tertiary/aromatic N) is 2. The first kappa shape index (κ1) is 24.8. The molecular formula is C24H22F4N4O5. The van der Waals surface area contributed by atoms with Gasteiger partial charge in [-0.05, 0) is 44.2 Å². The van der Waals surface area contributed by atoms with Crippen molar-refractivity contribution in [3.63, 3.8) is 0 Å². The summed E-state index contributed by atoms with van der Waals surface area (Å²) in [4.78, 5) is 34.0. The molecule has 3 atom stereocenters. The van der Waals surface area contributed by atoms with Crippen molar-refractivity contribution >= 4 is 22.9 Å². The normalized spacial score (nSPS) is 22.0. The Morgan fingerprint density at radius 2 is 2.00 bits per heavy atom. The van der Waals surface area contributed by atoms with Crippen molar-refractivity contribution in [3.8, 4) is 11.5 Å². The minimum atomic E-state index is -5.21. The number of nitrogens with one attached hydrogen (secondary N) is 2. The van der Waals surface area contributed by atoms with Crippen molar-refractivity contribution in [1.29, 1.82) is 0 Å². The van der Waals surface area contributed by atoms with Crippen LogP contribution in [0.15, 0.2) is 36.4 Å². The van der Waals surface area contributed by atoms with E-state index in [0.717, 1.165) is 22.9 Å². The third-order valence-corrected chi connectivity index (χ3v) is 6.33. The molecule has 3 unspecified atom stereocenters. The van der Waals surface area contributed by atoms with Gasteiger partial charge < -0.3 is 24.5 Å². The molecule has 1 aromatic heterocycles. The lowest BCUT2D eigenvalue weighted by atomic mass is 9.96. The lowest BCUT2D eigenvalue weighted by Gasteiger charge is -2.36. The van der Waals surface area contributed by atoms with Gasteiger partial charge in [0.05, 0.1) is 22.6 Å². The van der Waals surface area contributed by atoms with Crippen LogP contribution in [-0.2, 0) is 9.53 Å². The number of carbonyl (C=O) groups is 2. The van der Waals surface area contributed by atoms with Crippen LogP contribution in [0.1, 0.15) is 35.1 Å². The van der Waals surface area contributed by atoms with Crippen LogP contribution >= 0.6 is 0 Å². The minimum absolute atomic E-state index is 0.0899. The Bertz CT molecular complexity index is 1310. The number of benzene rings is 2. The Hall–Kier alpha value is -3.87. The Labute approximate surface area is 207 Å². The third kappa shape index (κ3) is 5.03. The fraction of sp³-hybridized carbons (Fsp3) is 0.375. The number of hydrogen-bond acceptors (Lipinski definition) is 7. The van der Waals surface area contributed by atoms with Gasteiger partial charge in [-0.3, -0.25) is 9.69 Å². The monoisotopic (exact) mass is 522 g/mol. The van der Waals surface area contributed by atoms with Crippen LogP contribution in [0.2, 0.25) is 0 Å². The van der Waals surface area contributed by atoms with Crippen LogP contribution in [0, 0.1) is 5.82 Å². The number of piperidine rings is 1. The molecule has 37 heavy (non-hydrogen) atoms. The number of aromatic nitrogens is 2. The number of imidazole rings is 1. The molecule has 1 amide bonds. The molecule has 0 saturated carbocycles. The molecule has 9 nitrogen and oxygen atoms in total. The van der Waals surface area contributed by atoms with Gasteiger partial charge in [0.1, 0.15) is 5.82 Å². The Kier molecular flexibility index (Phi) is 6.40. The molecule has 1 saturated heterocycles. The zero-order valence-electron chi connectivity index (χ0n) is 19.5. The predicted molar refractivity (Wildman–Crippen MR) is 120 cm³/mol. The van der Waals surface area contributed by atoms with Gasteiger partial charge in [0.15, 0.2) is 23.9 Å². The Morgan fingerprint density at radius 3 is 2.76 bits per heavy atom. The fourth-order valence-corrected chi connectivity index (χ4v) is 4.44. The highest BCUT2D eigenvalue weighted by Crippen LogP contribution is 2.37. The maximum Gasteiger partial charge on any atom is 0.491 e. The standard InChI is InChI=1S/C24H22F4N4O5/c1-32-9-8-12(10-16(32)21-30-14-4-2-3-5-15(14)31-21)29-22(33)13-6-7-17-20(19(13)25)35-11-18(36-17)37-23(34)24(26,27)28/h2-7,12,16,18H,8-11H2,1H3,(H,29,33)(H,30,31). The van der Waals surface area contributed by atoms with Crippen LogP contribution in [0.3, 0.4) is 0 Å². The number of para-hydroxylation sites is 2. The number of rotatable bonds is 4. The van der Waals surface area contributed by atoms with E-state index in [9.17, 15) is 22.8 Å². The van der Waals surface area contributed by atoms with Crippen LogP contribution in [0.25, 0.3) is 11.0 Å². The fourth-order valence-electron chi connectivity index (χ4n) is 4.44. The van der Waals surface area contributed by atoms with E-state index in [2.05, 4.69) is 24.9 Å². The SMILES string of the molecule is CN1CCC(NC(=O)c2ccc3c(c2F)OCC(OC(=O)C(F)(F)F)O3)CC1c1nc2ccccc2[nH]1. The van der Waals surface area contributed by atoms with Gasteiger partial charge >= 0.3 is 12.1 Å². The summed E-state index contributed by atoms with van der Waals surface area (Å²) in [7, 11) is 1.97. The quantitative estimate of drug-likeness (QED) is 0.399. The highest BCUT2D eigenvalue weighted by atomic mass is 19.4. The molecular weight excluding hydrogens is 500 g/mol. The van der Waals surface area contributed by atoms with Gasteiger partial charge in [-0.1, -0.05) is 12.1 Å². The average Bonchev–Trinajstić information content (AvgIpc) is 3.29. The number of H-pyrrole nitrogens is 1. The highest BCUT2D eigenvalue weighted by molar-refractivity contribution is 5.95. The van der Waals surface area contributed by atoms with Crippen molar-refractivity contribution < 1.29 is 41.4 Å². The molecule has 196 valence electrons. The minimum Gasteiger partial charge on any atom is -0.479 e. The molecule has 0 aliphatic carbocycles. The summed E-state index contributed by atoms with van der Waals surface area (Å²) in [6.07, 6.45) is -5.75. The smallest absolute Gasteiger partial charge is 0.479 e. The summed E-state index contributed by atoms with van der Waals surface area (Å²) in [6.45, 7) is -0.000728. The number of hydrogen-bond donors (Lipinski definition) is 2. The van der Waals surface area contributed by atoms with Gasteiger partial charge in [0.25, 0.3) is 12.2 Å². The highest BCUT2D eigenvalue weighted by Gasteiger charge is 2.43. The number of halogens is 4. The van der Waals surface area contributed by atoms with Gasteiger partial charge in [-0.2, -0.15) is 13.2 Å². The van der Waals surface area contributed by atoms with Crippen LogP contribution in [0.5, 0.6) is 11.5 Å². The maximum absolute atomic E-state index is 15.1. The molecule has 0 radical (unpaired) electrons. The van der Waals surface area contributed by atoms with Crippen molar-refractivity contribution in [2.75, 3.05) is 20.2 Å². The number of fused-ring (bicyclic) bond motifs is 2. The van der Waals surface area contributed by atoms with Crippen molar-refractivity contribution in [1.82, 2.24) is 20.2 Å². The molecule has 0 bridgehead atoms. The third-order valence-electron chi connectivity index (χ3n) is 6.33. The molecule has 1 fully saturated rings. The molecule has 2 aliphatic rings. The maximum atomic E-state index is 15.1. The average molecular weight is 522 g/mol. The first-order valence-electron chi connectivity index (χ1n) is 11.5. The molecule has 2 aliphatic heterocycles. The molecule has 5 rings (SSSR count). The molecule has 3 aromatic rings. The van der Waals surface area contributed by atoms with E-state index in [-0.39, 0.29) is 23.4 Å². The molecule has 13 heteroatoms. The zero-order chi connectivity index (χ0) is 26.3. The lowest BCUT2D eigenvalue weighted by molar-refractivity contribution is -0.220. The van der Waals surface area contributed by atoms with Gasteiger partial charge in [-0.15, -0.1) is 0 Å². The first-order valence-corrected chi connectivity index (χ1v) is 11.5. The second-order valence-corrected chi connectivity index (χ2v) is 8.85. The van der Waals surface area contributed by atoms with Crippen LogP contribution in [0.4, 0.5) is 17.6 Å². The number of likely N-dealkylation sites (tertiary alicyclic amines) is 1. The Morgan fingerprint density at radius 1 is 1.22 bits per heavy atom. The predicted octanol–water partition coefficient (Wildman–Crippen LogP) is 3.47. The van der Waals surface area contributed by atoms with E-state index in [1.165, 1.54) is 6.07 Å². The second-order valence-electron chi connectivity index (χ2n) is 8.85. The van der Waals surface area contributed by atoms with E-state index in [1.54, 1.807) is 0 Å². The summed E-state index contributed by atoms with van der Waals surface area (Å²) >= 11 is 0. The zero-order valence-corrected chi connectivity index (χ0v) is 19.5. The van der Waals surface area contributed by atoms with Gasteiger partial charge in [0, 0.05) is 12.6 Å². The molecule has 3 heterocycles. The number of esters is 1. The number of ether oxygens (including phenoxy) is 3. The second kappa shape index (κ2) is 9.54. The summed E-state index contributed by atoms with van der Waals surface area (Å²) < 4.78 is 66.7. The molecule has 2 N–H and O–H groups in total. The largest absolute Gasteiger partial charge is 0.491 e. The van der Waals surface area contributed by atoms with E-state index >= 15 is 4.39 Å². The van der Waals surface area contributed by atoms with Crippen molar-refractivity contribution in [2.45, 2.75) is 37.4 Å². The Balaban J connectivity index is 1.26. The van der Waals surface area contributed by atoms with E-state index in [4.69, 9.17) is 9.47 Å². The first-order chi connectivity index (χ1) is 17.6. The van der Waals surface area contributed by atoms with Crippen molar-refractivity contribution in [3.05, 3.63) is 53.6 Å². The van der Waals surface area contributed by atoms with Gasteiger partial charge in [-0.25, -0.2) is 14.2 Å². The topological polar surface area (TPSA) is 106 Å². The molecule has 0 spiro atoms. The number of alkyl halides is 3. The number of carbonyl (C=O) groups excluding carboxylic acids is 2. The van der Waals surface area contributed by atoms with E-state index in [0.29, 0.717) is 19.4 Å². The van der Waals surface area contributed by atoms with Crippen LogP contribution in [-0.4, -0.2) is 65.5 Å². The summed E-state index contributed by atoms with van der Waals surface area (Å²) in [6, 6.07) is 9.60. The van der Waals surface area contributed by atoms with Crippen molar-refractivity contribution in [2.24, 2.45) is 0 Å². The number of aromatic amines is 1. The summed E-state index contributed by atoms with van der Waals surface area (Å²) in [5, 5.41) is 2.85. The van der Waals surface area contributed by atoms with E-state index < -0.39 is 42.5 Å². The summed E-state index contributed by atoms with van der Waals surface area (Å²) in [5.41, 5.74) is 1.43. The van der Waals surface area contributed by atoms with Gasteiger partial charge in [0.2, 0.25) is 0 Å². The van der Waals surface area contributed by atoms with Crippen LogP contribution < -0.4 is 14.8 Å². The summed E-state index contributed by atoms with van der Waals surface area (Å²) in [5.74, 6) is -4.13.